The molecule has 1 aliphatic heterocycles. The van der Waals surface area contributed by atoms with Gasteiger partial charge in [-0.15, -0.1) is 0 Å². The number of urea groups is 1. The van der Waals surface area contributed by atoms with Crippen LogP contribution in [0.15, 0.2) is 42.5 Å². The third-order valence-electron chi connectivity index (χ3n) is 7.90. The second-order valence-electron chi connectivity index (χ2n) is 10.4. The number of aryl methyl sites for hydroxylation is 2. The van der Waals surface area contributed by atoms with E-state index in [1.54, 1.807) is 45.6 Å². The summed E-state index contributed by atoms with van der Waals surface area (Å²) in [4.78, 5) is 43.3. The predicted octanol–water partition coefficient (Wildman–Crippen LogP) is 3.45. The number of carbonyl (C=O) groups excluding carboxylic acids is 3. The monoisotopic (exact) mass is 537 g/mol. The molecule has 4 unspecified atom stereocenters. The highest BCUT2D eigenvalue weighted by atomic mass is 16.5. The summed E-state index contributed by atoms with van der Waals surface area (Å²) in [5.41, 5.74) is 4.55. The number of hydrogen-bond donors (Lipinski definition) is 1. The minimum absolute atomic E-state index is 0.126. The number of methoxy groups -OCH3 is 3. The average molecular weight is 538 g/mol. The lowest BCUT2D eigenvalue weighted by molar-refractivity contribution is -0.152. The molecular weight excluding hydrogens is 498 g/mol. The first-order chi connectivity index (χ1) is 18.8. The van der Waals surface area contributed by atoms with Crippen molar-refractivity contribution in [3.8, 4) is 0 Å². The van der Waals surface area contributed by atoms with Crippen molar-refractivity contribution >= 4 is 17.8 Å². The lowest BCUT2D eigenvalue weighted by Crippen LogP contribution is -2.64. The molecule has 1 aliphatic carbocycles. The predicted molar refractivity (Wildman–Crippen MR) is 146 cm³/mol. The van der Waals surface area contributed by atoms with Crippen LogP contribution in [0.4, 0.5) is 4.79 Å². The maximum Gasteiger partial charge on any atom is 0.327 e. The minimum atomic E-state index is -0.394. The number of rotatable bonds is 10. The Hall–Kier alpha value is -3.27. The van der Waals surface area contributed by atoms with Gasteiger partial charge in [-0.2, -0.15) is 0 Å². The highest BCUT2D eigenvalue weighted by Crippen LogP contribution is 2.38. The second kappa shape index (κ2) is 12.7. The van der Waals surface area contributed by atoms with Gasteiger partial charge in [0.15, 0.2) is 0 Å². The molecule has 2 aromatic carbocycles. The maximum absolute atomic E-state index is 13.9. The van der Waals surface area contributed by atoms with Crippen molar-refractivity contribution in [1.82, 2.24) is 15.1 Å². The topological polar surface area (TPSA) is 97.4 Å². The number of fused-ring (bicyclic) bond motifs is 1. The van der Waals surface area contributed by atoms with E-state index < -0.39 is 5.92 Å². The molecule has 0 aromatic heterocycles. The molecule has 4 atom stereocenters. The summed E-state index contributed by atoms with van der Waals surface area (Å²) < 4.78 is 16.4. The largest absolute Gasteiger partial charge is 0.383 e. The van der Waals surface area contributed by atoms with Crippen LogP contribution in [0.25, 0.3) is 0 Å². The molecule has 39 heavy (non-hydrogen) atoms. The molecule has 1 N–H and O–H groups in total. The molecule has 210 valence electrons. The fourth-order valence-corrected chi connectivity index (χ4v) is 5.61. The van der Waals surface area contributed by atoms with Gasteiger partial charge in [0.25, 0.3) is 5.91 Å². The highest BCUT2D eigenvalue weighted by Gasteiger charge is 2.51. The molecule has 2 fully saturated rings. The standard InChI is InChI=1S/C30H39N3O6/c1-19-6-7-20(2)23(14-19)18-32-25-16-27(39-5)26(38-4)15-24(25)29(35)33(30(32)36)17-21-8-10-22(11-9-21)28(34)31-12-13-37-3/h6-11,14,24-27H,12-13,15-18H2,1-5H3,(H,31,34). The van der Waals surface area contributed by atoms with Crippen LogP contribution in [0.2, 0.25) is 0 Å². The Morgan fingerprint density at radius 1 is 0.949 bits per heavy atom. The molecule has 1 heterocycles. The first-order valence-electron chi connectivity index (χ1n) is 13.4. The number of imide groups is 1. The summed E-state index contributed by atoms with van der Waals surface area (Å²) in [6, 6.07) is 12.6. The zero-order valence-corrected chi connectivity index (χ0v) is 23.4. The molecular formula is C30H39N3O6. The lowest BCUT2D eigenvalue weighted by Gasteiger charge is -2.50. The van der Waals surface area contributed by atoms with Crippen LogP contribution in [0.5, 0.6) is 0 Å². The summed E-state index contributed by atoms with van der Waals surface area (Å²) in [7, 11) is 4.86. The number of nitrogens with zero attached hydrogens (tertiary/aromatic N) is 2. The van der Waals surface area contributed by atoms with E-state index in [2.05, 4.69) is 23.5 Å². The summed E-state index contributed by atoms with van der Waals surface area (Å²) in [6.07, 6.45) is 0.579. The van der Waals surface area contributed by atoms with E-state index in [9.17, 15) is 14.4 Å². The first-order valence-corrected chi connectivity index (χ1v) is 13.4. The van der Waals surface area contributed by atoms with Crippen LogP contribution in [0.1, 0.15) is 45.5 Å². The van der Waals surface area contributed by atoms with Gasteiger partial charge < -0.3 is 24.4 Å². The normalized spacial score (nSPS) is 23.1. The number of amides is 4. The average Bonchev–Trinajstić information content (AvgIpc) is 2.94. The second-order valence-corrected chi connectivity index (χ2v) is 10.4. The third-order valence-corrected chi connectivity index (χ3v) is 7.90. The Bertz CT molecular complexity index is 1180. The minimum Gasteiger partial charge on any atom is -0.383 e. The van der Waals surface area contributed by atoms with Gasteiger partial charge in [0, 0.05) is 46.0 Å². The number of hydrogen-bond acceptors (Lipinski definition) is 6. The summed E-state index contributed by atoms with van der Waals surface area (Å²) in [5.74, 6) is -0.790. The van der Waals surface area contributed by atoms with Crippen LogP contribution in [0, 0.1) is 19.8 Å². The van der Waals surface area contributed by atoms with Gasteiger partial charge in [0.05, 0.1) is 31.3 Å². The summed E-state index contributed by atoms with van der Waals surface area (Å²) in [6.45, 7) is 5.45. The number of benzene rings is 2. The Morgan fingerprint density at radius 3 is 2.31 bits per heavy atom. The molecule has 1 saturated carbocycles. The molecule has 4 amide bonds. The first kappa shape index (κ1) is 28.7. The smallest absolute Gasteiger partial charge is 0.327 e. The van der Waals surface area contributed by atoms with Crippen LogP contribution in [-0.2, 0) is 32.1 Å². The van der Waals surface area contributed by atoms with Gasteiger partial charge >= 0.3 is 6.03 Å². The van der Waals surface area contributed by atoms with E-state index >= 15 is 0 Å². The Kier molecular flexibility index (Phi) is 9.37. The molecule has 1 saturated heterocycles. The van der Waals surface area contributed by atoms with E-state index in [4.69, 9.17) is 14.2 Å². The molecule has 0 spiro atoms. The zero-order chi connectivity index (χ0) is 28.1. The van der Waals surface area contributed by atoms with E-state index in [1.807, 2.05) is 18.7 Å². The van der Waals surface area contributed by atoms with Crippen LogP contribution in [-0.4, -0.2) is 80.4 Å². The molecule has 2 aliphatic rings. The van der Waals surface area contributed by atoms with Gasteiger partial charge in [-0.3, -0.25) is 14.5 Å². The molecule has 9 heteroatoms. The van der Waals surface area contributed by atoms with Crippen molar-refractivity contribution in [2.45, 2.75) is 58.0 Å². The van der Waals surface area contributed by atoms with Crippen molar-refractivity contribution in [2.75, 3.05) is 34.5 Å². The summed E-state index contributed by atoms with van der Waals surface area (Å²) >= 11 is 0. The van der Waals surface area contributed by atoms with E-state index in [0.29, 0.717) is 38.1 Å². The molecule has 9 nitrogen and oxygen atoms in total. The van der Waals surface area contributed by atoms with Gasteiger partial charge in [0.2, 0.25) is 5.91 Å². The van der Waals surface area contributed by atoms with Crippen molar-refractivity contribution in [2.24, 2.45) is 5.92 Å². The van der Waals surface area contributed by atoms with Gasteiger partial charge in [0.1, 0.15) is 0 Å². The Labute approximate surface area is 230 Å². The maximum atomic E-state index is 13.9. The molecule has 0 bridgehead atoms. The fraction of sp³-hybridized carbons (Fsp3) is 0.500. The van der Waals surface area contributed by atoms with Crippen molar-refractivity contribution < 1.29 is 28.6 Å². The Morgan fingerprint density at radius 2 is 1.64 bits per heavy atom. The van der Waals surface area contributed by atoms with Gasteiger partial charge in [-0.1, -0.05) is 35.9 Å². The van der Waals surface area contributed by atoms with E-state index in [-0.39, 0.29) is 42.6 Å². The SMILES string of the molecule is COCCNC(=O)c1ccc(CN2C(=O)C3CC(OC)C(OC)CC3N(Cc3cc(C)ccc3C)C2=O)cc1. The lowest BCUT2D eigenvalue weighted by atomic mass is 9.77. The highest BCUT2D eigenvalue weighted by molar-refractivity contribution is 5.99. The van der Waals surface area contributed by atoms with Crippen LogP contribution >= 0.6 is 0 Å². The number of carbonyl (C=O) groups is 3. The van der Waals surface area contributed by atoms with Gasteiger partial charge in [-0.25, -0.2) is 4.79 Å². The van der Waals surface area contributed by atoms with E-state index in [0.717, 1.165) is 22.3 Å². The molecule has 4 rings (SSSR count). The van der Waals surface area contributed by atoms with E-state index in [1.165, 1.54) is 4.90 Å². The van der Waals surface area contributed by atoms with Crippen molar-refractivity contribution in [3.63, 3.8) is 0 Å². The molecule has 0 radical (unpaired) electrons. The fourth-order valence-electron chi connectivity index (χ4n) is 5.61. The quantitative estimate of drug-likeness (QED) is 0.467. The summed E-state index contributed by atoms with van der Waals surface area (Å²) in [5, 5.41) is 2.79. The zero-order valence-electron chi connectivity index (χ0n) is 23.4. The van der Waals surface area contributed by atoms with Gasteiger partial charge in [-0.05, 0) is 55.5 Å². The molecule has 2 aromatic rings. The third kappa shape index (κ3) is 6.32. The van der Waals surface area contributed by atoms with Crippen LogP contribution in [0.3, 0.4) is 0 Å². The number of ether oxygens (including phenoxy) is 3. The Balaban J connectivity index is 1.59. The van der Waals surface area contributed by atoms with Crippen LogP contribution < -0.4 is 5.32 Å². The van der Waals surface area contributed by atoms with Crippen molar-refractivity contribution in [1.29, 1.82) is 0 Å². The number of nitrogens with one attached hydrogen (secondary N) is 1. The van der Waals surface area contributed by atoms with Crippen molar-refractivity contribution in [3.05, 3.63) is 70.3 Å².